The third kappa shape index (κ3) is 3.14. The Morgan fingerprint density at radius 1 is 1.29 bits per heavy atom. The Bertz CT molecular complexity index is 461. The lowest BCUT2D eigenvalue weighted by Crippen LogP contribution is -2.15. The number of sulfonamides is 1. The maximum absolute atomic E-state index is 13.1. The maximum atomic E-state index is 13.1. The van der Waals surface area contributed by atoms with Crippen molar-refractivity contribution < 1.29 is 17.2 Å². The molecule has 0 amide bonds. The highest BCUT2D eigenvalue weighted by Crippen LogP contribution is 2.17. The van der Waals surface area contributed by atoms with E-state index in [0.717, 1.165) is 12.1 Å². The zero-order chi connectivity index (χ0) is 10.9. The Morgan fingerprint density at radius 2 is 1.86 bits per heavy atom. The minimum absolute atomic E-state index is 0.0956. The molecule has 0 unspecified atom stereocenters. The SMILES string of the molecule is NS(=O)(=O)Cc1cc(F)c(I)cc1F. The van der Waals surface area contributed by atoms with Crippen LogP contribution in [0.1, 0.15) is 5.56 Å². The average molecular weight is 333 g/mol. The van der Waals surface area contributed by atoms with Gasteiger partial charge in [-0.25, -0.2) is 22.3 Å². The number of primary sulfonamides is 1. The molecule has 1 rings (SSSR count). The minimum Gasteiger partial charge on any atom is -0.228 e. The molecule has 0 saturated carbocycles. The number of rotatable bonds is 2. The molecule has 0 spiro atoms. The highest BCUT2D eigenvalue weighted by molar-refractivity contribution is 14.1. The first-order chi connectivity index (χ1) is 6.29. The molecule has 2 N–H and O–H groups in total. The second kappa shape index (κ2) is 4.07. The smallest absolute Gasteiger partial charge is 0.213 e. The van der Waals surface area contributed by atoms with Gasteiger partial charge in [0.2, 0.25) is 10.0 Å². The predicted octanol–water partition coefficient (Wildman–Crippen LogP) is 1.36. The average Bonchev–Trinajstić information content (AvgIpc) is 1.97. The molecule has 0 radical (unpaired) electrons. The molecular formula is C7H6F2INO2S. The summed E-state index contributed by atoms with van der Waals surface area (Å²) in [6, 6.07) is 1.76. The molecule has 0 fully saturated rings. The Hall–Kier alpha value is -0.280. The van der Waals surface area contributed by atoms with E-state index in [0.29, 0.717) is 0 Å². The third-order valence-corrected chi connectivity index (χ3v) is 2.99. The molecule has 0 saturated heterocycles. The van der Waals surface area contributed by atoms with Gasteiger partial charge in [0.1, 0.15) is 11.6 Å². The topological polar surface area (TPSA) is 60.2 Å². The summed E-state index contributed by atoms with van der Waals surface area (Å²) in [5, 5.41) is 4.71. The van der Waals surface area contributed by atoms with Crippen LogP contribution in [0.3, 0.4) is 0 Å². The molecule has 78 valence electrons. The molecule has 0 aromatic heterocycles. The van der Waals surface area contributed by atoms with Crippen molar-refractivity contribution in [1.82, 2.24) is 0 Å². The summed E-state index contributed by atoms with van der Waals surface area (Å²) in [6.45, 7) is 0. The van der Waals surface area contributed by atoms with Crippen LogP contribution in [-0.2, 0) is 15.8 Å². The van der Waals surface area contributed by atoms with Gasteiger partial charge in [-0.1, -0.05) is 0 Å². The van der Waals surface area contributed by atoms with Crippen LogP contribution in [0.5, 0.6) is 0 Å². The maximum Gasteiger partial charge on any atom is 0.213 e. The monoisotopic (exact) mass is 333 g/mol. The first-order valence-corrected chi connectivity index (χ1v) is 6.23. The van der Waals surface area contributed by atoms with Crippen molar-refractivity contribution in [3.63, 3.8) is 0 Å². The number of hydrogen-bond acceptors (Lipinski definition) is 2. The number of nitrogens with two attached hydrogens (primary N) is 1. The molecule has 1 aromatic carbocycles. The van der Waals surface area contributed by atoms with Crippen LogP contribution in [0.25, 0.3) is 0 Å². The molecule has 0 aliphatic rings. The summed E-state index contributed by atoms with van der Waals surface area (Å²) in [6.07, 6.45) is 0. The van der Waals surface area contributed by atoms with Crippen molar-refractivity contribution >= 4 is 32.6 Å². The van der Waals surface area contributed by atoms with E-state index in [9.17, 15) is 17.2 Å². The summed E-state index contributed by atoms with van der Waals surface area (Å²) < 4.78 is 47.4. The lowest BCUT2D eigenvalue weighted by atomic mass is 10.2. The van der Waals surface area contributed by atoms with Crippen LogP contribution in [-0.4, -0.2) is 8.42 Å². The lowest BCUT2D eigenvalue weighted by molar-refractivity contribution is 0.576. The van der Waals surface area contributed by atoms with Crippen LogP contribution in [0.2, 0.25) is 0 Å². The van der Waals surface area contributed by atoms with Crippen molar-refractivity contribution in [1.29, 1.82) is 0 Å². The first-order valence-electron chi connectivity index (χ1n) is 3.43. The molecule has 0 atom stereocenters. The van der Waals surface area contributed by atoms with E-state index in [-0.39, 0.29) is 9.13 Å². The Labute approximate surface area is 93.5 Å². The Morgan fingerprint density at radius 3 is 2.36 bits per heavy atom. The van der Waals surface area contributed by atoms with Crippen molar-refractivity contribution in [2.24, 2.45) is 5.14 Å². The van der Waals surface area contributed by atoms with Crippen LogP contribution < -0.4 is 5.14 Å². The van der Waals surface area contributed by atoms with Gasteiger partial charge in [0.25, 0.3) is 0 Å². The molecule has 0 bridgehead atoms. The highest BCUT2D eigenvalue weighted by atomic mass is 127. The number of hydrogen-bond donors (Lipinski definition) is 1. The van der Waals surface area contributed by atoms with E-state index >= 15 is 0 Å². The van der Waals surface area contributed by atoms with Crippen molar-refractivity contribution in [3.05, 3.63) is 32.9 Å². The summed E-state index contributed by atoms with van der Waals surface area (Å²) in [7, 11) is -3.84. The van der Waals surface area contributed by atoms with E-state index in [1.54, 1.807) is 22.6 Å². The number of benzene rings is 1. The summed E-state index contributed by atoms with van der Waals surface area (Å²) in [4.78, 5) is 0. The van der Waals surface area contributed by atoms with Crippen molar-refractivity contribution in [3.8, 4) is 0 Å². The molecule has 0 aliphatic heterocycles. The molecular weight excluding hydrogens is 327 g/mol. The quantitative estimate of drug-likeness (QED) is 0.656. The fraction of sp³-hybridized carbons (Fsp3) is 0.143. The van der Waals surface area contributed by atoms with E-state index < -0.39 is 27.4 Å². The lowest BCUT2D eigenvalue weighted by Gasteiger charge is -2.02. The van der Waals surface area contributed by atoms with Crippen LogP contribution in [0.15, 0.2) is 12.1 Å². The van der Waals surface area contributed by atoms with Gasteiger partial charge in [0.15, 0.2) is 0 Å². The van der Waals surface area contributed by atoms with Crippen LogP contribution in [0, 0.1) is 15.2 Å². The Balaban J connectivity index is 3.17. The first kappa shape index (κ1) is 11.8. The fourth-order valence-corrected chi connectivity index (χ4v) is 1.97. The van der Waals surface area contributed by atoms with Gasteiger partial charge in [-0.15, -0.1) is 0 Å². The zero-order valence-electron chi connectivity index (χ0n) is 6.80. The van der Waals surface area contributed by atoms with Crippen molar-refractivity contribution in [2.75, 3.05) is 0 Å². The number of halogens is 3. The standard InChI is InChI=1S/C7H6F2INO2S/c8-5-2-7(10)6(9)1-4(5)3-14(11,12)13/h1-2H,3H2,(H2,11,12,13). The summed E-state index contributed by atoms with van der Waals surface area (Å²) in [5.74, 6) is -2.14. The van der Waals surface area contributed by atoms with Gasteiger partial charge in [0, 0.05) is 5.56 Å². The predicted molar refractivity (Wildman–Crippen MR) is 55.9 cm³/mol. The van der Waals surface area contributed by atoms with E-state index in [1.165, 1.54) is 0 Å². The van der Waals surface area contributed by atoms with Gasteiger partial charge in [-0.05, 0) is 34.7 Å². The summed E-state index contributed by atoms with van der Waals surface area (Å²) in [5.41, 5.74) is -0.259. The minimum atomic E-state index is -3.84. The van der Waals surface area contributed by atoms with Gasteiger partial charge in [-0.2, -0.15) is 0 Å². The van der Waals surface area contributed by atoms with Crippen LogP contribution >= 0.6 is 22.6 Å². The molecule has 0 aliphatic carbocycles. The van der Waals surface area contributed by atoms with Gasteiger partial charge in [0.05, 0.1) is 9.32 Å². The van der Waals surface area contributed by atoms with Crippen LogP contribution in [0.4, 0.5) is 8.78 Å². The van der Waals surface area contributed by atoms with E-state index in [4.69, 9.17) is 5.14 Å². The molecule has 0 heterocycles. The normalized spacial score (nSPS) is 11.7. The van der Waals surface area contributed by atoms with E-state index in [1.807, 2.05) is 0 Å². The molecule has 3 nitrogen and oxygen atoms in total. The largest absolute Gasteiger partial charge is 0.228 e. The van der Waals surface area contributed by atoms with Crippen molar-refractivity contribution in [2.45, 2.75) is 5.75 Å². The second-order valence-corrected chi connectivity index (χ2v) is 5.44. The van der Waals surface area contributed by atoms with Gasteiger partial charge < -0.3 is 0 Å². The third-order valence-electron chi connectivity index (χ3n) is 1.45. The molecule has 1 aromatic rings. The fourth-order valence-electron chi connectivity index (χ4n) is 0.891. The zero-order valence-corrected chi connectivity index (χ0v) is 9.77. The second-order valence-electron chi connectivity index (χ2n) is 2.66. The van der Waals surface area contributed by atoms with E-state index in [2.05, 4.69) is 0 Å². The Kier molecular flexibility index (Phi) is 3.43. The summed E-state index contributed by atoms with van der Waals surface area (Å²) >= 11 is 1.61. The van der Waals surface area contributed by atoms with Gasteiger partial charge in [-0.3, -0.25) is 0 Å². The van der Waals surface area contributed by atoms with Gasteiger partial charge >= 0.3 is 0 Å². The molecule has 7 heteroatoms. The highest BCUT2D eigenvalue weighted by Gasteiger charge is 2.13. The molecule has 14 heavy (non-hydrogen) atoms.